The lowest BCUT2D eigenvalue weighted by Gasteiger charge is -2.12. The fourth-order valence-electron chi connectivity index (χ4n) is 2.20. The van der Waals surface area contributed by atoms with Crippen LogP contribution < -0.4 is 4.72 Å². The molecule has 0 saturated heterocycles. The molecule has 21 heavy (non-hydrogen) atoms. The van der Waals surface area contributed by atoms with Crippen molar-refractivity contribution >= 4 is 10.0 Å². The molecule has 0 aromatic carbocycles. The van der Waals surface area contributed by atoms with Crippen molar-refractivity contribution in [3.05, 3.63) is 42.1 Å². The van der Waals surface area contributed by atoms with Gasteiger partial charge in [-0.05, 0) is 32.0 Å². The van der Waals surface area contributed by atoms with Gasteiger partial charge in [0.1, 0.15) is 5.76 Å². The van der Waals surface area contributed by atoms with Gasteiger partial charge < -0.3 is 14.1 Å². The standard InChI is InChI=1S/C14H20N2O4S/c1-3-16-9-14(8-12(16)10-17)21(18,19)15-11(2)7-13-5-4-6-20-13/h4-6,8-9,11,15,17H,3,7,10H2,1-2H3. The second kappa shape index (κ2) is 6.46. The molecule has 0 aliphatic carbocycles. The van der Waals surface area contributed by atoms with E-state index in [1.54, 1.807) is 23.8 Å². The first-order valence-electron chi connectivity index (χ1n) is 6.81. The van der Waals surface area contributed by atoms with Gasteiger partial charge >= 0.3 is 0 Å². The summed E-state index contributed by atoms with van der Waals surface area (Å²) < 4.78 is 34.2. The van der Waals surface area contributed by atoms with E-state index in [1.165, 1.54) is 12.3 Å². The van der Waals surface area contributed by atoms with Gasteiger partial charge in [0.05, 0.1) is 17.8 Å². The lowest BCUT2D eigenvalue weighted by Crippen LogP contribution is -2.33. The molecule has 2 heterocycles. The van der Waals surface area contributed by atoms with Crippen molar-refractivity contribution in [1.29, 1.82) is 0 Å². The molecule has 0 saturated carbocycles. The fraction of sp³-hybridized carbons (Fsp3) is 0.429. The number of sulfonamides is 1. The molecular weight excluding hydrogens is 292 g/mol. The average Bonchev–Trinajstić information content (AvgIpc) is 3.06. The third kappa shape index (κ3) is 3.75. The van der Waals surface area contributed by atoms with Crippen LogP contribution in [0.15, 0.2) is 40.0 Å². The highest BCUT2D eigenvalue weighted by atomic mass is 32.2. The van der Waals surface area contributed by atoms with Gasteiger partial charge in [0.25, 0.3) is 0 Å². The number of hydrogen-bond acceptors (Lipinski definition) is 4. The van der Waals surface area contributed by atoms with Crippen molar-refractivity contribution in [1.82, 2.24) is 9.29 Å². The number of aromatic nitrogens is 1. The highest BCUT2D eigenvalue weighted by Crippen LogP contribution is 2.16. The molecule has 0 bridgehead atoms. The van der Waals surface area contributed by atoms with Crippen LogP contribution in [0.4, 0.5) is 0 Å². The lowest BCUT2D eigenvalue weighted by molar-refractivity contribution is 0.271. The predicted molar refractivity (Wildman–Crippen MR) is 78.2 cm³/mol. The molecular formula is C14H20N2O4S. The second-order valence-corrected chi connectivity index (χ2v) is 6.63. The van der Waals surface area contributed by atoms with E-state index in [0.29, 0.717) is 18.7 Å². The van der Waals surface area contributed by atoms with Crippen LogP contribution in [0, 0.1) is 0 Å². The minimum absolute atomic E-state index is 0.166. The van der Waals surface area contributed by atoms with Gasteiger partial charge in [-0.25, -0.2) is 13.1 Å². The van der Waals surface area contributed by atoms with Crippen molar-refractivity contribution in [3.8, 4) is 0 Å². The van der Waals surface area contributed by atoms with Crippen LogP contribution in [0.3, 0.4) is 0 Å². The predicted octanol–water partition coefficient (Wildman–Crippen LogP) is 1.50. The fourth-order valence-corrected chi connectivity index (χ4v) is 3.51. The molecule has 2 aromatic rings. The molecule has 116 valence electrons. The Morgan fingerprint density at radius 1 is 1.48 bits per heavy atom. The zero-order chi connectivity index (χ0) is 15.5. The van der Waals surface area contributed by atoms with Crippen LogP contribution >= 0.6 is 0 Å². The van der Waals surface area contributed by atoms with E-state index < -0.39 is 10.0 Å². The van der Waals surface area contributed by atoms with E-state index >= 15 is 0 Å². The van der Waals surface area contributed by atoms with E-state index in [0.717, 1.165) is 5.76 Å². The summed E-state index contributed by atoms with van der Waals surface area (Å²) in [4.78, 5) is 0.166. The van der Waals surface area contributed by atoms with Gasteiger partial charge in [-0.2, -0.15) is 0 Å². The average molecular weight is 312 g/mol. The zero-order valence-corrected chi connectivity index (χ0v) is 12.9. The van der Waals surface area contributed by atoms with Crippen LogP contribution in [0.1, 0.15) is 25.3 Å². The summed E-state index contributed by atoms with van der Waals surface area (Å²) in [6, 6.07) is 4.78. The molecule has 6 nitrogen and oxygen atoms in total. The molecule has 0 fully saturated rings. The Kier molecular flexibility index (Phi) is 4.87. The van der Waals surface area contributed by atoms with Gasteiger partial charge in [0.15, 0.2) is 0 Å². The summed E-state index contributed by atoms with van der Waals surface area (Å²) in [5, 5.41) is 9.23. The first-order valence-corrected chi connectivity index (χ1v) is 8.29. The van der Waals surface area contributed by atoms with Crippen molar-refractivity contribution in [2.24, 2.45) is 0 Å². The number of hydrogen-bond donors (Lipinski definition) is 2. The van der Waals surface area contributed by atoms with Crippen LogP contribution in [-0.2, 0) is 29.6 Å². The Hall–Kier alpha value is -1.57. The molecule has 2 rings (SSSR count). The summed E-state index contributed by atoms with van der Waals surface area (Å²) in [6.45, 7) is 4.09. The van der Waals surface area contributed by atoms with Gasteiger partial charge in [-0.1, -0.05) is 0 Å². The zero-order valence-electron chi connectivity index (χ0n) is 12.1. The van der Waals surface area contributed by atoms with Crippen molar-refractivity contribution in [2.45, 2.75) is 44.4 Å². The molecule has 2 N–H and O–H groups in total. The largest absolute Gasteiger partial charge is 0.469 e. The summed E-state index contributed by atoms with van der Waals surface area (Å²) in [7, 11) is -3.61. The first-order chi connectivity index (χ1) is 9.96. The number of furan rings is 1. The molecule has 2 aromatic heterocycles. The summed E-state index contributed by atoms with van der Waals surface area (Å²) in [5.74, 6) is 0.729. The maximum atomic E-state index is 12.3. The van der Waals surface area contributed by atoms with Gasteiger partial charge in [0, 0.05) is 30.9 Å². The minimum atomic E-state index is -3.61. The van der Waals surface area contributed by atoms with E-state index in [1.807, 2.05) is 13.0 Å². The van der Waals surface area contributed by atoms with Crippen LogP contribution in [0.2, 0.25) is 0 Å². The highest BCUT2D eigenvalue weighted by molar-refractivity contribution is 7.89. The van der Waals surface area contributed by atoms with Gasteiger partial charge in [-0.3, -0.25) is 0 Å². The van der Waals surface area contributed by atoms with E-state index in [-0.39, 0.29) is 17.5 Å². The van der Waals surface area contributed by atoms with Crippen LogP contribution in [0.5, 0.6) is 0 Å². The molecule has 7 heteroatoms. The van der Waals surface area contributed by atoms with E-state index in [4.69, 9.17) is 4.42 Å². The Morgan fingerprint density at radius 2 is 2.24 bits per heavy atom. The maximum absolute atomic E-state index is 12.3. The van der Waals surface area contributed by atoms with E-state index in [2.05, 4.69) is 4.72 Å². The third-order valence-electron chi connectivity index (χ3n) is 3.22. The number of aliphatic hydroxyl groups excluding tert-OH is 1. The molecule has 0 amide bonds. The number of nitrogens with one attached hydrogen (secondary N) is 1. The Bertz CT molecular complexity index is 652. The number of aliphatic hydroxyl groups is 1. The molecule has 0 spiro atoms. The SMILES string of the molecule is CCn1cc(S(=O)(=O)NC(C)Cc2ccco2)cc1CO. The Labute approximate surface area is 124 Å². The van der Waals surface area contributed by atoms with Crippen LogP contribution in [0.25, 0.3) is 0 Å². The van der Waals surface area contributed by atoms with Crippen LogP contribution in [-0.4, -0.2) is 24.1 Å². The summed E-state index contributed by atoms with van der Waals surface area (Å²) >= 11 is 0. The smallest absolute Gasteiger partial charge is 0.242 e. The maximum Gasteiger partial charge on any atom is 0.242 e. The second-order valence-electron chi connectivity index (χ2n) is 4.92. The quantitative estimate of drug-likeness (QED) is 0.811. The molecule has 1 unspecified atom stereocenters. The van der Waals surface area contributed by atoms with Gasteiger partial charge in [0.2, 0.25) is 10.0 Å². The first kappa shape index (κ1) is 15.8. The molecule has 1 atom stereocenters. The topological polar surface area (TPSA) is 84.5 Å². The van der Waals surface area contributed by atoms with Crippen molar-refractivity contribution in [2.75, 3.05) is 0 Å². The Morgan fingerprint density at radius 3 is 2.76 bits per heavy atom. The lowest BCUT2D eigenvalue weighted by atomic mass is 10.2. The minimum Gasteiger partial charge on any atom is -0.469 e. The third-order valence-corrected chi connectivity index (χ3v) is 4.77. The number of rotatable bonds is 7. The van der Waals surface area contributed by atoms with Gasteiger partial charge in [-0.15, -0.1) is 0 Å². The number of nitrogens with zero attached hydrogens (tertiary/aromatic N) is 1. The summed E-state index contributed by atoms with van der Waals surface area (Å²) in [5.41, 5.74) is 0.580. The van der Waals surface area contributed by atoms with E-state index in [9.17, 15) is 13.5 Å². The van der Waals surface area contributed by atoms with Crippen molar-refractivity contribution in [3.63, 3.8) is 0 Å². The van der Waals surface area contributed by atoms with Crippen molar-refractivity contribution < 1.29 is 17.9 Å². The molecule has 0 radical (unpaired) electrons. The molecule has 0 aliphatic rings. The Balaban J connectivity index is 2.12. The highest BCUT2D eigenvalue weighted by Gasteiger charge is 2.21. The monoisotopic (exact) mass is 312 g/mol. The normalized spacial score (nSPS) is 13.5. The summed E-state index contributed by atoms with van der Waals surface area (Å²) in [6.07, 6.45) is 3.58. The number of aryl methyl sites for hydroxylation is 1. The molecule has 0 aliphatic heterocycles.